The number of likely N-dealkylation sites (N-methyl/N-ethyl adjacent to an activating group) is 1. The summed E-state index contributed by atoms with van der Waals surface area (Å²) in [5, 5.41) is 5.86. The molecule has 0 atom stereocenters. The maximum absolute atomic E-state index is 12.1. The van der Waals surface area contributed by atoms with Gasteiger partial charge in [0.15, 0.2) is 0 Å². The predicted molar refractivity (Wildman–Crippen MR) is 91.7 cm³/mol. The molecule has 128 valence electrons. The number of nitrogens with zero attached hydrogens (tertiary/aromatic N) is 1. The Morgan fingerprint density at radius 3 is 2.35 bits per heavy atom. The highest BCUT2D eigenvalue weighted by molar-refractivity contribution is 5.95. The lowest BCUT2D eigenvalue weighted by atomic mass is 10.1. The van der Waals surface area contributed by atoms with E-state index in [0.29, 0.717) is 13.2 Å². The van der Waals surface area contributed by atoms with E-state index < -0.39 is 0 Å². The van der Waals surface area contributed by atoms with Crippen LogP contribution >= 0.6 is 0 Å². The van der Waals surface area contributed by atoms with Crippen LogP contribution in [-0.4, -0.2) is 57.1 Å². The molecule has 6 heteroatoms. The maximum atomic E-state index is 12.1. The first-order valence-corrected chi connectivity index (χ1v) is 7.66. The van der Waals surface area contributed by atoms with Gasteiger partial charge in [0.2, 0.25) is 11.8 Å². The summed E-state index contributed by atoms with van der Waals surface area (Å²) < 4.78 is 4.89. The van der Waals surface area contributed by atoms with Crippen LogP contribution in [-0.2, 0) is 14.3 Å². The largest absolute Gasteiger partial charge is 0.383 e. The Labute approximate surface area is 138 Å². The lowest BCUT2D eigenvalue weighted by molar-refractivity contribution is -0.132. The van der Waals surface area contributed by atoms with Gasteiger partial charge < -0.3 is 20.3 Å². The zero-order valence-corrected chi connectivity index (χ0v) is 14.7. The molecule has 2 amide bonds. The van der Waals surface area contributed by atoms with Crippen molar-refractivity contribution in [2.45, 2.75) is 20.8 Å². The Morgan fingerprint density at radius 2 is 1.78 bits per heavy atom. The van der Waals surface area contributed by atoms with Crippen LogP contribution in [0, 0.1) is 20.8 Å². The molecule has 0 heterocycles. The van der Waals surface area contributed by atoms with E-state index in [1.54, 1.807) is 14.2 Å². The molecule has 0 saturated carbocycles. The first-order valence-electron chi connectivity index (χ1n) is 7.66. The Kier molecular flexibility index (Phi) is 7.71. The van der Waals surface area contributed by atoms with Gasteiger partial charge in [-0.15, -0.1) is 0 Å². The number of benzene rings is 1. The molecule has 1 rings (SSSR count). The molecular weight excluding hydrogens is 294 g/mol. The molecule has 0 saturated heterocycles. The van der Waals surface area contributed by atoms with Crippen LogP contribution in [0.3, 0.4) is 0 Å². The number of amides is 2. The van der Waals surface area contributed by atoms with Crippen LogP contribution in [0.25, 0.3) is 0 Å². The second kappa shape index (κ2) is 9.27. The minimum absolute atomic E-state index is 0.0253. The number of ether oxygens (including phenoxy) is 1. The molecule has 0 spiro atoms. The van der Waals surface area contributed by atoms with Crippen LogP contribution in [0.4, 0.5) is 5.69 Å². The van der Waals surface area contributed by atoms with Crippen molar-refractivity contribution in [1.29, 1.82) is 0 Å². The highest BCUT2D eigenvalue weighted by Gasteiger charge is 2.14. The molecule has 0 radical (unpaired) electrons. The monoisotopic (exact) mass is 321 g/mol. The number of carbonyl (C=O) groups excluding carboxylic acids is 2. The third-order valence-electron chi connectivity index (χ3n) is 3.51. The summed E-state index contributed by atoms with van der Waals surface area (Å²) in [7, 11) is 3.23. The maximum Gasteiger partial charge on any atom is 0.243 e. The molecule has 0 fully saturated rings. The van der Waals surface area contributed by atoms with E-state index in [0.717, 1.165) is 22.4 Å². The van der Waals surface area contributed by atoms with Crippen molar-refractivity contribution in [3.8, 4) is 0 Å². The zero-order valence-electron chi connectivity index (χ0n) is 14.7. The Bertz CT molecular complexity index is 535. The van der Waals surface area contributed by atoms with Crippen LogP contribution < -0.4 is 10.6 Å². The number of carbonyl (C=O) groups is 2. The van der Waals surface area contributed by atoms with Crippen LogP contribution in [0.15, 0.2) is 12.1 Å². The van der Waals surface area contributed by atoms with E-state index in [1.807, 2.05) is 32.9 Å². The fourth-order valence-corrected chi connectivity index (χ4v) is 2.36. The molecule has 2 N–H and O–H groups in total. The number of hydrogen-bond acceptors (Lipinski definition) is 4. The molecule has 0 aliphatic carbocycles. The number of nitrogens with one attached hydrogen (secondary N) is 2. The van der Waals surface area contributed by atoms with Crippen LogP contribution in [0.1, 0.15) is 16.7 Å². The third-order valence-corrected chi connectivity index (χ3v) is 3.51. The molecule has 0 aromatic heterocycles. The fourth-order valence-electron chi connectivity index (χ4n) is 2.36. The molecule has 1 aromatic rings. The number of rotatable bonds is 8. The predicted octanol–water partition coefficient (Wildman–Crippen LogP) is 1.24. The van der Waals surface area contributed by atoms with E-state index in [2.05, 4.69) is 10.6 Å². The quantitative estimate of drug-likeness (QED) is 0.707. The number of aryl methyl sites for hydroxylation is 3. The van der Waals surface area contributed by atoms with Gasteiger partial charge in [0, 0.05) is 26.4 Å². The first-order chi connectivity index (χ1) is 10.8. The zero-order chi connectivity index (χ0) is 17.4. The van der Waals surface area contributed by atoms with Crippen molar-refractivity contribution in [3.63, 3.8) is 0 Å². The van der Waals surface area contributed by atoms with Gasteiger partial charge in [-0.25, -0.2) is 0 Å². The van der Waals surface area contributed by atoms with Gasteiger partial charge in [-0.1, -0.05) is 17.7 Å². The van der Waals surface area contributed by atoms with Crippen molar-refractivity contribution in [1.82, 2.24) is 10.2 Å². The second-order valence-electron chi connectivity index (χ2n) is 5.74. The standard InChI is InChI=1S/C17H27N3O3/c1-12-8-13(2)17(14(3)9-12)19-15(21)11-20(4)16(22)10-18-6-7-23-5/h8-9,18H,6-7,10-11H2,1-5H3,(H,19,21). The SMILES string of the molecule is COCCNCC(=O)N(C)CC(=O)Nc1c(C)cc(C)cc1C. The average molecular weight is 321 g/mol. The Morgan fingerprint density at radius 1 is 1.17 bits per heavy atom. The lowest BCUT2D eigenvalue weighted by Crippen LogP contribution is -2.40. The van der Waals surface area contributed by atoms with Crippen LogP contribution in [0.5, 0.6) is 0 Å². The molecule has 0 unspecified atom stereocenters. The molecule has 0 aliphatic rings. The normalized spacial score (nSPS) is 10.5. The average Bonchev–Trinajstić information content (AvgIpc) is 2.47. The summed E-state index contributed by atoms with van der Waals surface area (Å²) in [6.45, 7) is 7.31. The van der Waals surface area contributed by atoms with Crippen molar-refractivity contribution in [2.24, 2.45) is 0 Å². The second-order valence-corrected chi connectivity index (χ2v) is 5.74. The summed E-state index contributed by atoms with van der Waals surface area (Å²) >= 11 is 0. The van der Waals surface area contributed by atoms with Crippen molar-refractivity contribution in [2.75, 3.05) is 45.7 Å². The van der Waals surface area contributed by atoms with Crippen molar-refractivity contribution >= 4 is 17.5 Å². The van der Waals surface area contributed by atoms with Gasteiger partial charge in [0.05, 0.1) is 19.7 Å². The first kappa shape index (κ1) is 19.1. The van der Waals surface area contributed by atoms with Gasteiger partial charge in [-0.3, -0.25) is 9.59 Å². The lowest BCUT2D eigenvalue weighted by Gasteiger charge is -2.18. The van der Waals surface area contributed by atoms with Gasteiger partial charge >= 0.3 is 0 Å². The highest BCUT2D eigenvalue weighted by Crippen LogP contribution is 2.21. The highest BCUT2D eigenvalue weighted by atomic mass is 16.5. The third kappa shape index (κ3) is 6.38. The van der Waals surface area contributed by atoms with Crippen molar-refractivity contribution in [3.05, 3.63) is 28.8 Å². The van der Waals surface area contributed by atoms with Gasteiger partial charge in [0.25, 0.3) is 0 Å². The van der Waals surface area contributed by atoms with Gasteiger partial charge in [-0.2, -0.15) is 0 Å². The molecular formula is C17H27N3O3. The Hall–Kier alpha value is -1.92. The minimum atomic E-state index is -0.201. The summed E-state index contributed by atoms with van der Waals surface area (Å²) in [4.78, 5) is 25.5. The van der Waals surface area contributed by atoms with E-state index in [4.69, 9.17) is 4.74 Å². The summed E-state index contributed by atoms with van der Waals surface area (Å²) in [6.07, 6.45) is 0. The molecule has 23 heavy (non-hydrogen) atoms. The van der Waals surface area contributed by atoms with E-state index in [9.17, 15) is 9.59 Å². The minimum Gasteiger partial charge on any atom is -0.383 e. The summed E-state index contributed by atoms with van der Waals surface area (Å²) in [5.41, 5.74) is 4.02. The number of methoxy groups -OCH3 is 1. The van der Waals surface area contributed by atoms with Gasteiger partial charge in [-0.05, 0) is 31.9 Å². The summed E-state index contributed by atoms with van der Waals surface area (Å²) in [6, 6.07) is 4.05. The number of hydrogen-bond donors (Lipinski definition) is 2. The van der Waals surface area contributed by atoms with E-state index in [-0.39, 0.29) is 24.9 Å². The Balaban J connectivity index is 2.51. The van der Waals surface area contributed by atoms with Crippen LogP contribution in [0.2, 0.25) is 0 Å². The number of anilines is 1. The summed E-state index contributed by atoms with van der Waals surface area (Å²) in [5.74, 6) is -0.332. The molecule has 6 nitrogen and oxygen atoms in total. The smallest absolute Gasteiger partial charge is 0.243 e. The van der Waals surface area contributed by atoms with Gasteiger partial charge in [0.1, 0.15) is 0 Å². The van der Waals surface area contributed by atoms with E-state index in [1.165, 1.54) is 4.90 Å². The topological polar surface area (TPSA) is 70.7 Å². The molecule has 0 bridgehead atoms. The molecule has 1 aromatic carbocycles. The molecule has 0 aliphatic heterocycles. The fraction of sp³-hybridized carbons (Fsp3) is 0.529. The van der Waals surface area contributed by atoms with Crippen molar-refractivity contribution < 1.29 is 14.3 Å². The van der Waals surface area contributed by atoms with E-state index >= 15 is 0 Å².